The number of nitrogens with zero attached hydrogens (tertiary/aromatic N) is 1. The lowest BCUT2D eigenvalue weighted by Gasteiger charge is -2.19. The summed E-state index contributed by atoms with van der Waals surface area (Å²) < 4.78 is 5.22. The Labute approximate surface area is 137 Å². The fourth-order valence-electron chi connectivity index (χ4n) is 2.65. The summed E-state index contributed by atoms with van der Waals surface area (Å²) in [5.74, 6) is 2.06. The Hall–Kier alpha value is -1.92. The summed E-state index contributed by atoms with van der Waals surface area (Å²) >= 11 is 1.85. The summed E-state index contributed by atoms with van der Waals surface area (Å²) in [5, 5.41) is 9.25. The molecular weight excluding hydrogens is 290 g/mol. The highest BCUT2D eigenvalue weighted by Gasteiger charge is 2.17. The third-order valence-electron chi connectivity index (χ3n) is 3.82. The molecule has 0 aromatic heterocycles. The maximum atomic E-state index is 9.25. The van der Waals surface area contributed by atoms with Crippen LogP contribution in [0.4, 0.5) is 0 Å². The van der Waals surface area contributed by atoms with Crippen LogP contribution in [0.3, 0.4) is 0 Å². The number of hydrogen-bond acceptors (Lipinski definition) is 3. The van der Waals surface area contributed by atoms with E-state index in [1.54, 1.807) is 7.11 Å². The van der Waals surface area contributed by atoms with E-state index in [-0.39, 0.29) is 5.92 Å². The van der Waals surface area contributed by atoms with Crippen molar-refractivity contribution in [2.24, 2.45) is 0 Å². The molecular formula is C19H21NOS. The van der Waals surface area contributed by atoms with Gasteiger partial charge in [0, 0.05) is 12.3 Å². The predicted molar refractivity (Wildman–Crippen MR) is 93.6 cm³/mol. The maximum absolute atomic E-state index is 9.25. The average molecular weight is 311 g/mol. The quantitative estimate of drug-likeness (QED) is 0.746. The summed E-state index contributed by atoms with van der Waals surface area (Å²) in [7, 11) is 1.67. The SMILES string of the molecule is COc1ccc(C(CC#N)c2ccccc2CCSC)cc1. The first-order valence-corrected chi connectivity index (χ1v) is 8.77. The van der Waals surface area contributed by atoms with E-state index in [0.717, 1.165) is 17.9 Å². The number of rotatable bonds is 7. The van der Waals surface area contributed by atoms with Crippen molar-refractivity contribution in [2.75, 3.05) is 19.1 Å². The van der Waals surface area contributed by atoms with Gasteiger partial charge in [-0.15, -0.1) is 0 Å². The Balaban J connectivity index is 2.36. The third-order valence-corrected chi connectivity index (χ3v) is 4.43. The summed E-state index contributed by atoms with van der Waals surface area (Å²) in [4.78, 5) is 0. The zero-order valence-electron chi connectivity index (χ0n) is 13.1. The molecule has 0 radical (unpaired) electrons. The van der Waals surface area contributed by atoms with Crippen molar-refractivity contribution < 1.29 is 4.74 Å². The minimum absolute atomic E-state index is 0.119. The molecule has 22 heavy (non-hydrogen) atoms. The lowest BCUT2D eigenvalue weighted by molar-refractivity contribution is 0.414. The summed E-state index contributed by atoms with van der Waals surface area (Å²) in [6, 6.07) is 18.9. The Morgan fingerprint density at radius 1 is 1.14 bits per heavy atom. The average Bonchev–Trinajstić information content (AvgIpc) is 2.58. The molecule has 0 aliphatic rings. The molecule has 0 amide bonds. The number of aryl methyl sites for hydroxylation is 1. The molecule has 1 atom stereocenters. The van der Waals surface area contributed by atoms with Crippen LogP contribution in [0.25, 0.3) is 0 Å². The van der Waals surface area contributed by atoms with Crippen molar-refractivity contribution >= 4 is 11.8 Å². The van der Waals surface area contributed by atoms with E-state index in [1.807, 2.05) is 23.9 Å². The normalized spacial score (nSPS) is 11.7. The number of benzene rings is 2. The van der Waals surface area contributed by atoms with Gasteiger partial charge in [0.1, 0.15) is 5.75 Å². The van der Waals surface area contributed by atoms with Gasteiger partial charge in [0.2, 0.25) is 0 Å². The Morgan fingerprint density at radius 2 is 1.86 bits per heavy atom. The lowest BCUT2D eigenvalue weighted by atomic mass is 9.85. The first-order valence-electron chi connectivity index (χ1n) is 7.37. The number of hydrogen-bond donors (Lipinski definition) is 0. The first-order chi connectivity index (χ1) is 10.8. The predicted octanol–water partition coefficient (Wildman–Crippen LogP) is 4.65. The topological polar surface area (TPSA) is 33.0 Å². The molecule has 0 bridgehead atoms. The second kappa shape index (κ2) is 8.51. The standard InChI is InChI=1S/C19H21NOS/c1-21-17-9-7-16(8-10-17)19(11-13-20)18-6-4-3-5-15(18)12-14-22-2/h3-10,19H,11-12,14H2,1-2H3. The van der Waals surface area contributed by atoms with E-state index in [1.165, 1.54) is 16.7 Å². The van der Waals surface area contributed by atoms with E-state index in [2.05, 4.69) is 48.7 Å². The fourth-order valence-corrected chi connectivity index (χ4v) is 3.07. The Bertz CT molecular complexity index is 631. The number of ether oxygens (including phenoxy) is 1. The monoisotopic (exact) mass is 311 g/mol. The zero-order valence-corrected chi connectivity index (χ0v) is 13.9. The lowest BCUT2D eigenvalue weighted by Crippen LogP contribution is -2.05. The van der Waals surface area contributed by atoms with Crippen LogP contribution < -0.4 is 4.74 Å². The second-order valence-corrected chi connectivity index (χ2v) is 6.12. The number of nitriles is 1. The van der Waals surface area contributed by atoms with E-state index >= 15 is 0 Å². The van der Waals surface area contributed by atoms with Crippen LogP contribution in [0.1, 0.15) is 29.0 Å². The second-order valence-electron chi connectivity index (χ2n) is 5.13. The van der Waals surface area contributed by atoms with Crippen LogP contribution in [0.15, 0.2) is 48.5 Å². The molecule has 0 spiro atoms. The highest BCUT2D eigenvalue weighted by molar-refractivity contribution is 7.98. The van der Waals surface area contributed by atoms with Gasteiger partial charge in [-0.2, -0.15) is 17.0 Å². The smallest absolute Gasteiger partial charge is 0.118 e. The molecule has 0 fully saturated rings. The van der Waals surface area contributed by atoms with Gasteiger partial charge < -0.3 is 4.74 Å². The molecule has 0 aliphatic carbocycles. The van der Waals surface area contributed by atoms with Gasteiger partial charge in [0.15, 0.2) is 0 Å². The van der Waals surface area contributed by atoms with Crippen LogP contribution in [0, 0.1) is 11.3 Å². The van der Waals surface area contributed by atoms with E-state index in [4.69, 9.17) is 4.74 Å². The van der Waals surface area contributed by atoms with Crippen molar-refractivity contribution in [3.05, 3.63) is 65.2 Å². The van der Waals surface area contributed by atoms with Crippen molar-refractivity contribution in [3.8, 4) is 11.8 Å². The van der Waals surface area contributed by atoms with Crippen LogP contribution in [-0.2, 0) is 6.42 Å². The van der Waals surface area contributed by atoms with Crippen molar-refractivity contribution in [2.45, 2.75) is 18.8 Å². The molecule has 2 aromatic rings. The zero-order chi connectivity index (χ0) is 15.8. The van der Waals surface area contributed by atoms with Crippen LogP contribution in [-0.4, -0.2) is 19.1 Å². The van der Waals surface area contributed by atoms with Gasteiger partial charge in [-0.05, 0) is 47.3 Å². The largest absolute Gasteiger partial charge is 0.497 e. The van der Waals surface area contributed by atoms with Crippen molar-refractivity contribution in [1.29, 1.82) is 5.26 Å². The molecule has 0 heterocycles. The molecule has 2 nitrogen and oxygen atoms in total. The number of methoxy groups -OCH3 is 1. The minimum atomic E-state index is 0.119. The van der Waals surface area contributed by atoms with Crippen LogP contribution in [0.2, 0.25) is 0 Å². The molecule has 2 aromatic carbocycles. The fraction of sp³-hybridized carbons (Fsp3) is 0.316. The molecule has 0 N–H and O–H groups in total. The van der Waals surface area contributed by atoms with Gasteiger partial charge in [-0.25, -0.2) is 0 Å². The molecule has 0 saturated carbocycles. The van der Waals surface area contributed by atoms with Crippen molar-refractivity contribution in [3.63, 3.8) is 0 Å². The van der Waals surface area contributed by atoms with Gasteiger partial charge in [-0.1, -0.05) is 36.4 Å². The van der Waals surface area contributed by atoms with Gasteiger partial charge in [-0.3, -0.25) is 0 Å². The molecule has 1 unspecified atom stereocenters. The van der Waals surface area contributed by atoms with E-state index in [9.17, 15) is 5.26 Å². The minimum Gasteiger partial charge on any atom is -0.497 e. The highest BCUT2D eigenvalue weighted by Crippen LogP contribution is 2.31. The van der Waals surface area contributed by atoms with E-state index in [0.29, 0.717) is 6.42 Å². The summed E-state index contributed by atoms with van der Waals surface area (Å²) in [5.41, 5.74) is 3.77. The third kappa shape index (κ3) is 4.05. The molecule has 3 heteroatoms. The Morgan fingerprint density at radius 3 is 2.50 bits per heavy atom. The molecule has 0 aliphatic heterocycles. The van der Waals surface area contributed by atoms with Gasteiger partial charge >= 0.3 is 0 Å². The van der Waals surface area contributed by atoms with Gasteiger partial charge in [0.25, 0.3) is 0 Å². The van der Waals surface area contributed by atoms with E-state index < -0.39 is 0 Å². The first kappa shape index (κ1) is 16.5. The number of thioether (sulfide) groups is 1. The van der Waals surface area contributed by atoms with Crippen LogP contribution >= 0.6 is 11.8 Å². The van der Waals surface area contributed by atoms with Crippen molar-refractivity contribution in [1.82, 2.24) is 0 Å². The summed E-state index contributed by atoms with van der Waals surface area (Å²) in [6.07, 6.45) is 3.65. The summed E-state index contributed by atoms with van der Waals surface area (Å²) in [6.45, 7) is 0. The Kier molecular flexibility index (Phi) is 6.36. The van der Waals surface area contributed by atoms with Gasteiger partial charge in [0.05, 0.1) is 13.2 Å². The highest BCUT2D eigenvalue weighted by atomic mass is 32.2. The molecule has 114 valence electrons. The maximum Gasteiger partial charge on any atom is 0.118 e. The molecule has 2 rings (SSSR count). The van der Waals surface area contributed by atoms with Crippen LogP contribution in [0.5, 0.6) is 5.75 Å². The molecule has 0 saturated heterocycles.